The zero-order chi connectivity index (χ0) is 20.8. The summed E-state index contributed by atoms with van der Waals surface area (Å²) in [6.07, 6.45) is 1.21. The number of hydrogen-bond acceptors (Lipinski definition) is 6. The average Bonchev–Trinajstić information content (AvgIpc) is 2.73. The summed E-state index contributed by atoms with van der Waals surface area (Å²) in [4.78, 5) is 27.9. The van der Waals surface area contributed by atoms with E-state index in [0.717, 1.165) is 12.8 Å². The van der Waals surface area contributed by atoms with E-state index in [4.69, 9.17) is 20.6 Å². The fourth-order valence-corrected chi connectivity index (χ4v) is 3.66. The molecule has 2 aliphatic rings. The van der Waals surface area contributed by atoms with E-state index >= 15 is 0 Å². The van der Waals surface area contributed by atoms with Gasteiger partial charge in [0.1, 0.15) is 18.9 Å². The number of benzene rings is 1. The van der Waals surface area contributed by atoms with E-state index in [-0.39, 0.29) is 36.3 Å². The molecule has 0 radical (unpaired) electrons. The summed E-state index contributed by atoms with van der Waals surface area (Å²) in [6, 6.07) is 4.96. The minimum atomic E-state index is -0.664. The Bertz CT molecular complexity index is 759. The minimum Gasteiger partial charge on any atom is -0.460 e. The number of hydrogen-bond donors (Lipinski definition) is 2. The number of esters is 1. The van der Waals surface area contributed by atoms with Gasteiger partial charge in [0.25, 0.3) is 0 Å². The third-order valence-electron chi connectivity index (χ3n) is 5.28. The van der Waals surface area contributed by atoms with Gasteiger partial charge in [-0.05, 0) is 18.9 Å². The fraction of sp³-hybridized carbons (Fsp3) is 0.550. The number of amides is 1. The van der Waals surface area contributed by atoms with Crippen LogP contribution >= 0.6 is 0 Å². The number of anilines is 1. The van der Waals surface area contributed by atoms with Gasteiger partial charge < -0.3 is 25.0 Å². The number of rotatable bonds is 6. The Balaban J connectivity index is 1.57. The van der Waals surface area contributed by atoms with E-state index in [2.05, 4.69) is 0 Å². The molecule has 158 valence electrons. The highest BCUT2D eigenvalue weighted by Gasteiger charge is 2.29. The van der Waals surface area contributed by atoms with E-state index in [1.54, 1.807) is 18.2 Å². The van der Waals surface area contributed by atoms with Crippen LogP contribution in [-0.2, 0) is 25.7 Å². The Morgan fingerprint density at radius 3 is 2.55 bits per heavy atom. The van der Waals surface area contributed by atoms with Crippen LogP contribution in [0.2, 0.25) is 0 Å². The lowest BCUT2D eigenvalue weighted by Crippen LogP contribution is -2.51. The highest BCUT2D eigenvalue weighted by atomic mass is 19.1. The molecule has 3 N–H and O–H groups in total. The number of nitrogens with one attached hydrogen (secondary N) is 1. The lowest BCUT2D eigenvalue weighted by molar-refractivity contribution is -0.143. The first-order chi connectivity index (χ1) is 14.0. The summed E-state index contributed by atoms with van der Waals surface area (Å²) >= 11 is 0. The van der Waals surface area contributed by atoms with Crippen LogP contribution in [0.3, 0.4) is 0 Å². The van der Waals surface area contributed by atoms with Crippen molar-refractivity contribution >= 4 is 23.4 Å². The van der Waals surface area contributed by atoms with Crippen molar-refractivity contribution in [1.29, 1.82) is 5.41 Å². The predicted octanol–water partition coefficient (Wildman–Crippen LogP) is 1.27. The third-order valence-corrected chi connectivity index (χ3v) is 5.28. The molecule has 29 heavy (non-hydrogen) atoms. The molecule has 2 aliphatic heterocycles. The normalized spacial score (nSPS) is 17.8. The number of piperazine rings is 1. The summed E-state index contributed by atoms with van der Waals surface area (Å²) in [5.41, 5.74) is 5.86. The molecule has 9 heteroatoms. The monoisotopic (exact) mass is 406 g/mol. The van der Waals surface area contributed by atoms with E-state index in [0.29, 0.717) is 45.1 Å². The Morgan fingerprint density at radius 1 is 1.21 bits per heavy atom. The van der Waals surface area contributed by atoms with E-state index in [9.17, 15) is 14.0 Å². The van der Waals surface area contributed by atoms with Crippen LogP contribution in [0.4, 0.5) is 10.1 Å². The van der Waals surface area contributed by atoms with Gasteiger partial charge in [-0.1, -0.05) is 12.1 Å². The predicted molar refractivity (Wildman–Crippen MR) is 105 cm³/mol. The molecule has 0 aliphatic carbocycles. The first-order valence-corrected chi connectivity index (χ1v) is 9.83. The van der Waals surface area contributed by atoms with Crippen molar-refractivity contribution in [3.63, 3.8) is 0 Å². The Labute approximate surface area is 169 Å². The molecular weight excluding hydrogens is 379 g/mol. The second-order valence-electron chi connectivity index (χ2n) is 7.31. The molecule has 1 aromatic rings. The molecule has 3 rings (SSSR count). The van der Waals surface area contributed by atoms with Gasteiger partial charge in [-0.25, -0.2) is 4.39 Å². The second-order valence-corrected chi connectivity index (χ2v) is 7.31. The summed E-state index contributed by atoms with van der Waals surface area (Å²) in [7, 11) is 0. The maximum atomic E-state index is 14.9. The molecule has 0 spiro atoms. The highest BCUT2D eigenvalue weighted by Crippen LogP contribution is 2.25. The van der Waals surface area contributed by atoms with Crippen molar-refractivity contribution in [2.75, 3.05) is 44.3 Å². The molecule has 0 bridgehead atoms. The van der Waals surface area contributed by atoms with Crippen molar-refractivity contribution < 1.29 is 23.5 Å². The lowest BCUT2D eigenvalue weighted by atomic mass is 9.98. The molecule has 0 aromatic heterocycles. The molecule has 0 unspecified atom stereocenters. The van der Waals surface area contributed by atoms with Gasteiger partial charge in [-0.15, -0.1) is 0 Å². The molecule has 1 amide bonds. The SMILES string of the molecule is N=C(N)CC(=O)OCc1cccc(N2CCN(C(=O)C3CCOCC3)CC2)c1F. The molecular formula is C20H27FN4O4. The summed E-state index contributed by atoms with van der Waals surface area (Å²) in [5, 5.41) is 7.09. The van der Waals surface area contributed by atoms with Crippen LogP contribution < -0.4 is 10.6 Å². The fourth-order valence-electron chi connectivity index (χ4n) is 3.66. The Kier molecular flexibility index (Phi) is 7.03. The van der Waals surface area contributed by atoms with Gasteiger partial charge in [0.05, 0.1) is 5.69 Å². The minimum absolute atomic E-state index is 0.0278. The first-order valence-electron chi connectivity index (χ1n) is 9.83. The number of carbonyl (C=O) groups excluding carboxylic acids is 2. The highest BCUT2D eigenvalue weighted by molar-refractivity contribution is 5.94. The third kappa shape index (κ3) is 5.44. The topological polar surface area (TPSA) is 109 Å². The Morgan fingerprint density at radius 2 is 1.90 bits per heavy atom. The smallest absolute Gasteiger partial charge is 0.313 e. The molecule has 2 fully saturated rings. The van der Waals surface area contributed by atoms with Crippen molar-refractivity contribution in [1.82, 2.24) is 4.90 Å². The van der Waals surface area contributed by atoms with Crippen molar-refractivity contribution in [2.24, 2.45) is 11.7 Å². The molecule has 1 aromatic carbocycles. The van der Waals surface area contributed by atoms with Crippen LogP contribution in [0, 0.1) is 17.1 Å². The molecule has 0 atom stereocenters. The number of nitrogens with zero attached hydrogens (tertiary/aromatic N) is 2. The van der Waals surface area contributed by atoms with E-state index < -0.39 is 11.8 Å². The number of ether oxygens (including phenoxy) is 2. The standard InChI is InChI=1S/C20H27FN4O4/c21-19-15(13-29-18(26)12-17(22)23)2-1-3-16(19)24-6-8-25(9-7-24)20(27)14-4-10-28-11-5-14/h1-3,14H,4-13H2,(H3,22,23). The number of amidine groups is 1. The second kappa shape index (κ2) is 9.69. The van der Waals surface area contributed by atoms with E-state index in [1.807, 2.05) is 9.80 Å². The lowest BCUT2D eigenvalue weighted by Gasteiger charge is -2.38. The zero-order valence-corrected chi connectivity index (χ0v) is 16.4. The average molecular weight is 406 g/mol. The van der Waals surface area contributed by atoms with Gasteiger partial charge in [-0.2, -0.15) is 0 Å². The summed E-state index contributed by atoms with van der Waals surface area (Å²) in [5.74, 6) is -1.20. The van der Waals surface area contributed by atoms with Crippen molar-refractivity contribution in [3.05, 3.63) is 29.6 Å². The maximum absolute atomic E-state index is 14.9. The summed E-state index contributed by atoms with van der Waals surface area (Å²) in [6.45, 7) is 3.23. The van der Waals surface area contributed by atoms with Gasteiger partial charge in [0.2, 0.25) is 5.91 Å². The zero-order valence-electron chi connectivity index (χ0n) is 16.4. The van der Waals surface area contributed by atoms with Crippen LogP contribution in [0.1, 0.15) is 24.8 Å². The largest absolute Gasteiger partial charge is 0.460 e. The Hall–Kier alpha value is -2.68. The quantitative estimate of drug-likeness (QED) is 0.418. The van der Waals surface area contributed by atoms with Crippen LogP contribution in [0.25, 0.3) is 0 Å². The maximum Gasteiger partial charge on any atom is 0.313 e. The van der Waals surface area contributed by atoms with Crippen molar-refractivity contribution in [2.45, 2.75) is 25.9 Å². The van der Waals surface area contributed by atoms with Gasteiger partial charge in [0.15, 0.2) is 5.82 Å². The van der Waals surface area contributed by atoms with Crippen LogP contribution in [0.5, 0.6) is 0 Å². The van der Waals surface area contributed by atoms with Crippen LogP contribution in [-0.4, -0.2) is 62.0 Å². The van der Waals surface area contributed by atoms with Crippen LogP contribution in [0.15, 0.2) is 18.2 Å². The van der Waals surface area contributed by atoms with Gasteiger partial charge in [0, 0.05) is 50.9 Å². The molecule has 8 nitrogen and oxygen atoms in total. The molecule has 2 saturated heterocycles. The number of nitrogens with two attached hydrogens (primary N) is 1. The van der Waals surface area contributed by atoms with Gasteiger partial charge in [-0.3, -0.25) is 15.0 Å². The van der Waals surface area contributed by atoms with Gasteiger partial charge >= 0.3 is 5.97 Å². The number of halogens is 1. The summed E-state index contributed by atoms with van der Waals surface area (Å²) < 4.78 is 25.2. The molecule has 0 saturated carbocycles. The van der Waals surface area contributed by atoms with E-state index in [1.165, 1.54) is 0 Å². The number of carbonyl (C=O) groups is 2. The molecule has 2 heterocycles. The van der Waals surface area contributed by atoms with Crippen molar-refractivity contribution in [3.8, 4) is 0 Å². The first kappa shape index (κ1) is 21.0.